The molecule has 2 rings (SSSR count). The first-order chi connectivity index (χ1) is 9.59. The van der Waals surface area contributed by atoms with Gasteiger partial charge in [-0.3, -0.25) is 10.1 Å². The molecule has 1 aromatic heterocycles. The SMILES string of the molecule is CC(C)CNCc1cnoc1-c1ccccc1[N+](=O)[O-]. The quantitative estimate of drug-likeness (QED) is 0.647. The van der Waals surface area contributed by atoms with Crippen molar-refractivity contribution in [3.8, 4) is 11.3 Å². The Balaban J connectivity index is 2.26. The summed E-state index contributed by atoms with van der Waals surface area (Å²) < 4.78 is 5.20. The fourth-order valence-electron chi connectivity index (χ4n) is 1.93. The molecule has 6 nitrogen and oxygen atoms in total. The largest absolute Gasteiger partial charge is 0.356 e. The molecule has 1 heterocycles. The number of nitrogens with zero attached hydrogens (tertiary/aromatic N) is 2. The molecule has 0 aliphatic heterocycles. The molecule has 0 amide bonds. The van der Waals surface area contributed by atoms with Crippen molar-refractivity contribution in [3.05, 3.63) is 46.1 Å². The van der Waals surface area contributed by atoms with Crippen LogP contribution >= 0.6 is 0 Å². The Morgan fingerprint density at radius 2 is 2.15 bits per heavy atom. The summed E-state index contributed by atoms with van der Waals surface area (Å²) in [6, 6.07) is 6.51. The number of nitrogens with one attached hydrogen (secondary N) is 1. The molecule has 0 fully saturated rings. The van der Waals surface area contributed by atoms with Crippen LogP contribution in [0.5, 0.6) is 0 Å². The minimum atomic E-state index is -0.414. The fourth-order valence-corrected chi connectivity index (χ4v) is 1.93. The van der Waals surface area contributed by atoms with Gasteiger partial charge >= 0.3 is 0 Å². The summed E-state index contributed by atoms with van der Waals surface area (Å²) in [5.41, 5.74) is 1.30. The van der Waals surface area contributed by atoms with E-state index >= 15 is 0 Å². The maximum absolute atomic E-state index is 11.1. The summed E-state index contributed by atoms with van der Waals surface area (Å²) in [7, 11) is 0. The Hall–Kier alpha value is -2.21. The molecule has 0 unspecified atom stereocenters. The molecule has 0 aliphatic rings. The van der Waals surface area contributed by atoms with E-state index in [2.05, 4.69) is 24.3 Å². The van der Waals surface area contributed by atoms with Crippen LogP contribution in [0, 0.1) is 16.0 Å². The van der Waals surface area contributed by atoms with Crippen molar-refractivity contribution in [2.24, 2.45) is 5.92 Å². The topological polar surface area (TPSA) is 81.2 Å². The fraction of sp³-hybridized carbons (Fsp3) is 0.357. The smallest absolute Gasteiger partial charge is 0.280 e. The average molecular weight is 275 g/mol. The number of nitro benzene ring substituents is 1. The zero-order chi connectivity index (χ0) is 14.5. The molecule has 20 heavy (non-hydrogen) atoms. The zero-order valence-corrected chi connectivity index (χ0v) is 11.5. The Labute approximate surface area is 116 Å². The van der Waals surface area contributed by atoms with Crippen LogP contribution in [0.2, 0.25) is 0 Å². The molecule has 0 bridgehead atoms. The molecule has 6 heteroatoms. The number of para-hydroxylation sites is 1. The summed E-state index contributed by atoms with van der Waals surface area (Å²) in [4.78, 5) is 10.6. The first-order valence-electron chi connectivity index (χ1n) is 6.47. The molecular formula is C14H17N3O3. The van der Waals surface area contributed by atoms with Crippen LogP contribution in [0.4, 0.5) is 5.69 Å². The lowest BCUT2D eigenvalue weighted by Gasteiger charge is -2.07. The maximum Gasteiger partial charge on any atom is 0.280 e. The standard InChI is InChI=1S/C14H17N3O3/c1-10(2)7-15-8-11-9-16-20-14(11)12-5-3-4-6-13(12)17(18)19/h3-6,9-10,15H,7-8H2,1-2H3. The van der Waals surface area contributed by atoms with Crippen molar-refractivity contribution in [2.75, 3.05) is 6.54 Å². The highest BCUT2D eigenvalue weighted by Crippen LogP contribution is 2.31. The Bertz CT molecular complexity index is 593. The van der Waals surface area contributed by atoms with Crippen LogP contribution in [0.25, 0.3) is 11.3 Å². The summed E-state index contributed by atoms with van der Waals surface area (Å²) in [6.07, 6.45) is 1.60. The third kappa shape index (κ3) is 3.21. The Morgan fingerprint density at radius 3 is 2.85 bits per heavy atom. The highest BCUT2D eigenvalue weighted by atomic mass is 16.6. The van der Waals surface area contributed by atoms with Crippen LogP contribution in [0.3, 0.4) is 0 Å². The third-order valence-corrected chi connectivity index (χ3v) is 2.86. The number of nitro groups is 1. The van der Waals surface area contributed by atoms with E-state index in [9.17, 15) is 10.1 Å². The van der Waals surface area contributed by atoms with Gasteiger partial charge in [-0.05, 0) is 18.5 Å². The van der Waals surface area contributed by atoms with Crippen LogP contribution < -0.4 is 5.32 Å². The van der Waals surface area contributed by atoms with Crippen LogP contribution in [0.15, 0.2) is 35.0 Å². The van der Waals surface area contributed by atoms with Crippen molar-refractivity contribution >= 4 is 5.69 Å². The lowest BCUT2D eigenvalue weighted by Crippen LogP contribution is -2.19. The number of hydrogen-bond acceptors (Lipinski definition) is 5. The molecule has 0 saturated carbocycles. The van der Waals surface area contributed by atoms with Gasteiger partial charge in [0.1, 0.15) is 0 Å². The molecular weight excluding hydrogens is 258 g/mol. The highest BCUT2D eigenvalue weighted by molar-refractivity contribution is 5.71. The van der Waals surface area contributed by atoms with Gasteiger partial charge in [-0.25, -0.2) is 0 Å². The van der Waals surface area contributed by atoms with Crippen molar-refractivity contribution in [2.45, 2.75) is 20.4 Å². The summed E-state index contributed by atoms with van der Waals surface area (Å²) in [5.74, 6) is 0.984. The molecule has 106 valence electrons. The minimum Gasteiger partial charge on any atom is -0.356 e. The van der Waals surface area contributed by atoms with Gasteiger partial charge in [0.2, 0.25) is 0 Å². The second kappa shape index (κ2) is 6.29. The minimum absolute atomic E-state index is 0.0226. The molecule has 1 N–H and O–H groups in total. The Morgan fingerprint density at radius 1 is 1.40 bits per heavy atom. The van der Waals surface area contributed by atoms with Gasteiger partial charge in [0.05, 0.1) is 16.7 Å². The summed E-state index contributed by atoms with van der Waals surface area (Å²) in [6.45, 7) is 5.66. The predicted molar refractivity (Wildman–Crippen MR) is 75.1 cm³/mol. The second-order valence-electron chi connectivity index (χ2n) is 4.98. The lowest BCUT2D eigenvalue weighted by atomic mass is 10.1. The number of hydrogen-bond donors (Lipinski definition) is 1. The van der Waals surface area contributed by atoms with Gasteiger partial charge in [0, 0.05) is 18.2 Å². The van der Waals surface area contributed by atoms with E-state index in [4.69, 9.17) is 4.52 Å². The van der Waals surface area contributed by atoms with Gasteiger partial charge in [-0.2, -0.15) is 0 Å². The molecule has 0 spiro atoms. The van der Waals surface area contributed by atoms with E-state index in [0.29, 0.717) is 23.8 Å². The molecule has 0 aliphatic carbocycles. The van der Waals surface area contributed by atoms with Gasteiger partial charge in [-0.1, -0.05) is 31.1 Å². The van der Waals surface area contributed by atoms with Crippen molar-refractivity contribution in [1.82, 2.24) is 10.5 Å². The molecule has 1 aromatic carbocycles. The van der Waals surface area contributed by atoms with Crippen molar-refractivity contribution in [1.29, 1.82) is 0 Å². The number of aromatic nitrogens is 1. The zero-order valence-electron chi connectivity index (χ0n) is 11.5. The third-order valence-electron chi connectivity index (χ3n) is 2.86. The number of benzene rings is 1. The monoisotopic (exact) mass is 275 g/mol. The van der Waals surface area contributed by atoms with Crippen LogP contribution in [-0.2, 0) is 6.54 Å². The van der Waals surface area contributed by atoms with E-state index in [0.717, 1.165) is 12.1 Å². The average Bonchev–Trinajstić information content (AvgIpc) is 2.86. The van der Waals surface area contributed by atoms with E-state index < -0.39 is 4.92 Å². The normalized spacial score (nSPS) is 10.9. The van der Waals surface area contributed by atoms with E-state index in [1.807, 2.05) is 0 Å². The maximum atomic E-state index is 11.1. The van der Waals surface area contributed by atoms with Crippen molar-refractivity contribution in [3.63, 3.8) is 0 Å². The highest BCUT2D eigenvalue weighted by Gasteiger charge is 2.20. The summed E-state index contributed by atoms with van der Waals surface area (Å²) in [5, 5.41) is 18.1. The van der Waals surface area contributed by atoms with Crippen LogP contribution in [0.1, 0.15) is 19.4 Å². The van der Waals surface area contributed by atoms with Gasteiger partial charge < -0.3 is 9.84 Å². The molecule has 2 aromatic rings. The molecule has 0 saturated heterocycles. The van der Waals surface area contributed by atoms with Crippen molar-refractivity contribution < 1.29 is 9.45 Å². The predicted octanol–water partition coefficient (Wildman–Crippen LogP) is 3.00. The van der Waals surface area contributed by atoms with Crippen LogP contribution in [-0.4, -0.2) is 16.6 Å². The number of rotatable bonds is 6. The van der Waals surface area contributed by atoms with Gasteiger partial charge in [0.25, 0.3) is 5.69 Å². The van der Waals surface area contributed by atoms with Gasteiger partial charge in [0.15, 0.2) is 5.76 Å². The van der Waals surface area contributed by atoms with Gasteiger partial charge in [-0.15, -0.1) is 0 Å². The van der Waals surface area contributed by atoms with E-state index in [1.165, 1.54) is 6.07 Å². The molecule has 0 atom stereocenters. The molecule has 0 radical (unpaired) electrons. The second-order valence-corrected chi connectivity index (χ2v) is 4.98. The van der Waals surface area contributed by atoms with E-state index in [-0.39, 0.29) is 5.69 Å². The Kier molecular flexibility index (Phi) is 4.47. The first-order valence-corrected chi connectivity index (χ1v) is 6.47. The van der Waals surface area contributed by atoms with E-state index in [1.54, 1.807) is 24.4 Å². The summed E-state index contributed by atoms with van der Waals surface area (Å²) >= 11 is 0. The lowest BCUT2D eigenvalue weighted by molar-refractivity contribution is -0.384. The first kappa shape index (κ1) is 14.2.